The fourth-order valence-corrected chi connectivity index (χ4v) is 2.13. The normalized spacial score (nSPS) is 12.7. The molecule has 0 aliphatic carbocycles. The van der Waals surface area contributed by atoms with E-state index in [4.69, 9.17) is 5.73 Å². The monoisotopic (exact) mass is 253 g/mol. The van der Waals surface area contributed by atoms with Gasteiger partial charge in [-0.3, -0.25) is 0 Å². The van der Waals surface area contributed by atoms with E-state index in [1.165, 1.54) is 5.56 Å². The van der Waals surface area contributed by atoms with E-state index in [2.05, 4.69) is 34.4 Å². The van der Waals surface area contributed by atoms with Crippen LogP contribution in [0.5, 0.6) is 0 Å². The molecule has 0 spiro atoms. The summed E-state index contributed by atoms with van der Waals surface area (Å²) >= 11 is 0. The van der Waals surface area contributed by atoms with Crippen LogP contribution < -0.4 is 5.73 Å². The molecule has 3 aromatic rings. The van der Waals surface area contributed by atoms with Gasteiger partial charge < -0.3 is 5.73 Å². The van der Waals surface area contributed by atoms with Crippen LogP contribution in [0.4, 0.5) is 5.69 Å². The molecule has 96 valence electrons. The number of hydrogen-bond donors (Lipinski definition) is 1. The highest BCUT2D eigenvalue weighted by Crippen LogP contribution is 2.20. The average Bonchev–Trinajstić information content (AvgIpc) is 2.83. The van der Waals surface area contributed by atoms with Crippen LogP contribution >= 0.6 is 0 Å². The summed E-state index contributed by atoms with van der Waals surface area (Å²) in [5.74, 6) is 1.22. The maximum atomic E-state index is 5.70. The summed E-state index contributed by atoms with van der Waals surface area (Å²) in [6.45, 7) is 2.16. The summed E-state index contributed by atoms with van der Waals surface area (Å²) < 4.78 is 1.79. The maximum absolute atomic E-state index is 5.70. The zero-order chi connectivity index (χ0) is 13.2. The Hall–Kier alpha value is -2.43. The summed E-state index contributed by atoms with van der Waals surface area (Å²) in [6.07, 6.45) is 2.54. The molecule has 2 heterocycles. The third kappa shape index (κ3) is 2.27. The van der Waals surface area contributed by atoms with Crippen molar-refractivity contribution < 1.29 is 0 Å². The van der Waals surface area contributed by atoms with Crippen LogP contribution in [0.25, 0.3) is 5.65 Å². The Labute approximate surface area is 111 Å². The number of anilines is 1. The molecular weight excluding hydrogens is 238 g/mol. The van der Waals surface area contributed by atoms with Crippen molar-refractivity contribution in [2.45, 2.75) is 19.3 Å². The summed E-state index contributed by atoms with van der Waals surface area (Å²) in [7, 11) is 0. The predicted molar refractivity (Wildman–Crippen MR) is 73.8 cm³/mol. The van der Waals surface area contributed by atoms with Gasteiger partial charge in [-0.15, -0.1) is 10.2 Å². The number of nitrogen functional groups attached to an aromatic ring is 1. The Morgan fingerprint density at radius 2 is 1.95 bits per heavy atom. The number of nitrogens with zero attached hydrogens (tertiary/aromatic N) is 4. The summed E-state index contributed by atoms with van der Waals surface area (Å²) in [5, 5.41) is 12.6. The van der Waals surface area contributed by atoms with E-state index in [1.807, 2.05) is 24.3 Å². The van der Waals surface area contributed by atoms with Crippen LogP contribution in [0.15, 0.2) is 42.6 Å². The Morgan fingerprint density at radius 3 is 2.74 bits per heavy atom. The molecule has 5 nitrogen and oxygen atoms in total. The first-order valence-electron chi connectivity index (χ1n) is 6.25. The molecule has 0 aliphatic heterocycles. The second-order valence-electron chi connectivity index (χ2n) is 4.68. The van der Waals surface area contributed by atoms with E-state index in [9.17, 15) is 0 Å². The van der Waals surface area contributed by atoms with Crippen molar-refractivity contribution in [3.8, 4) is 0 Å². The zero-order valence-electron chi connectivity index (χ0n) is 10.7. The molecule has 1 unspecified atom stereocenters. The number of hydrogen-bond acceptors (Lipinski definition) is 4. The first-order chi connectivity index (χ1) is 9.24. The highest BCUT2D eigenvalue weighted by Gasteiger charge is 2.12. The van der Waals surface area contributed by atoms with Crippen LogP contribution in [0.3, 0.4) is 0 Å². The lowest BCUT2D eigenvalue weighted by Gasteiger charge is -2.10. The lowest BCUT2D eigenvalue weighted by Crippen LogP contribution is -2.04. The Morgan fingerprint density at radius 1 is 1.16 bits per heavy atom. The number of rotatable bonds is 3. The predicted octanol–water partition coefficient (Wildman–Crippen LogP) is 2.05. The third-order valence-electron chi connectivity index (χ3n) is 3.24. The number of aromatic nitrogens is 4. The maximum Gasteiger partial charge on any atom is 0.177 e. The van der Waals surface area contributed by atoms with Gasteiger partial charge in [-0.25, -0.2) is 0 Å². The van der Waals surface area contributed by atoms with Crippen molar-refractivity contribution in [3.63, 3.8) is 0 Å². The van der Waals surface area contributed by atoms with Crippen molar-refractivity contribution in [2.24, 2.45) is 0 Å². The summed E-state index contributed by atoms with van der Waals surface area (Å²) in [5.41, 5.74) is 8.50. The molecule has 0 amide bonds. The van der Waals surface area contributed by atoms with Gasteiger partial charge in [-0.1, -0.05) is 19.1 Å². The third-order valence-corrected chi connectivity index (χ3v) is 3.24. The van der Waals surface area contributed by atoms with E-state index in [0.29, 0.717) is 5.92 Å². The minimum atomic E-state index is 0.343. The molecule has 0 saturated carbocycles. The fraction of sp³-hybridized carbons (Fsp3) is 0.214. The SMILES string of the molecule is CC(Cc1nnc2cccnn12)c1ccc(N)cc1. The quantitative estimate of drug-likeness (QED) is 0.725. The van der Waals surface area contributed by atoms with Gasteiger partial charge in [0.1, 0.15) is 0 Å². The van der Waals surface area contributed by atoms with Crippen LogP contribution in [-0.4, -0.2) is 19.8 Å². The largest absolute Gasteiger partial charge is 0.399 e. The highest BCUT2D eigenvalue weighted by molar-refractivity contribution is 5.40. The Balaban J connectivity index is 1.86. The van der Waals surface area contributed by atoms with E-state index < -0.39 is 0 Å². The van der Waals surface area contributed by atoms with Crippen molar-refractivity contribution in [1.82, 2.24) is 19.8 Å². The van der Waals surface area contributed by atoms with E-state index in [-0.39, 0.29) is 0 Å². The van der Waals surface area contributed by atoms with Crippen molar-refractivity contribution in [1.29, 1.82) is 0 Å². The lowest BCUT2D eigenvalue weighted by atomic mass is 9.97. The molecular formula is C14H15N5. The van der Waals surface area contributed by atoms with Gasteiger partial charge in [0, 0.05) is 18.3 Å². The van der Waals surface area contributed by atoms with Gasteiger partial charge >= 0.3 is 0 Å². The second-order valence-corrected chi connectivity index (χ2v) is 4.68. The minimum absolute atomic E-state index is 0.343. The van der Waals surface area contributed by atoms with Gasteiger partial charge in [0.25, 0.3) is 0 Å². The van der Waals surface area contributed by atoms with E-state index in [1.54, 1.807) is 10.7 Å². The first-order valence-corrected chi connectivity index (χ1v) is 6.25. The van der Waals surface area contributed by atoms with Crippen molar-refractivity contribution >= 4 is 11.3 Å². The Bertz CT molecular complexity index is 686. The molecule has 0 bridgehead atoms. The smallest absolute Gasteiger partial charge is 0.177 e. The van der Waals surface area contributed by atoms with Gasteiger partial charge in [-0.2, -0.15) is 9.61 Å². The molecule has 0 radical (unpaired) electrons. The molecule has 0 saturated heterocycles. The molecule has 2 aromatic heterocycles. The molecule has 0 fully saturated rings. The number of fused-ring (bicyclic) bond motifs is 1. The Kier molecular flexibility index (Phi) is 2.87. The first kappa shape index (κ1) is 11.6. The van der Waals surface area contributed by atoms with Crippen LogP contribution in [0, 0.1) is 0 Å². The molecule has 19 heavy (non-hydrogen) atoms. The molecule has 3 rings (SSSR count). The van der Waals surface area contributed by atoms with Gasteiger partial charge in [0.05, 0.1) is 0 Å². The molecule has 2 N–H and O–H groups in total. The summed E-state index contributed by atoms with van der Waals surface area (Å²) in [6, 6.07) is 11.7. The average molecular weight is 253 g/mol. The second kappa shape index (κ2) is 4.68. The topological polar surface area (TPSA) is 69.1 Å². The standard InChI is InChI=1S/C14H15N5/c1-10(11-4-6-12(15)7-5-11)9-14-18-17-13-3-2-8-16-19(13)14/h2-8,10H,9,15H2,1H3. The van der Waals surface area contributed by atoms with Gasteiger partial charge in [0.2, 0.25) is 0 Å². The van der Waals surface area contributed by atoms with Crippen molar-refractivity contribution in [3.05, 3.63) is 54.0 Å². The van der Waals surface area contributed by atoms with Crippen LogP contribution in [0.1, 0.15) is 24.2 Å². The van der Waals surface area contributed by atoms with Gasteiger partial charge in [0.15, 0.2) is 11.5 Å². The minimum Gasteiger partial charge on any atom is -0.399 e. The van der Waals surface area contributed by atoms with Crippen LogP contribution in [-0.2, 0) is 6.42 Å². The summed E-state index contributed by atoms with van der Waals surface area (Å²) in [4.78, 5) is 0. The van der Waals surface area contributed by atoms with Gasteiger partial charge in [-0.05, 0) is 35.7 Å². The van der Waals surface area contributed by atoms with E-state index in [0.717, 1.165) is 23.6 Å². The zero-order valence-corrected chi connectivity index (χ0v) is 10.7. The lowest BCUT2D eigenvalue weighted by molar-refractivity contribution is 0.689. The number of benzene rings is 1. The fourth-order valence-electron chi connectivity index (χ4n) is 2.13. The van der Waals surface area contributed by atoms with Crippen LogP contribution in [0.2, 0.25) is 0 Å². The van der Waals surface area contributed by atoms with Crippen molar-refractivity contribution in [2.75, 3.05) is 5.73 Å². The molecule has 1 aromatic carbocycles. The number of nitrogens with two attached hydrogens (primary N) is 1. The molecule has 0 aliphatic rings. The molecule has 1 atom stereocenters. The highest BCUT2D eigenvalue weighted by atomic mass is 15.4. The molecule has 5 heteroatoms. The van der Waals surface area contributed by atoms with E-state index >= 15 is 0 Å².